The SMILES string of the molecule is CC(C)n1c(-c2ccncc2)cnc1Cl. The molecular weight excluding hydrogens is 210 g/mol. The van der Waals surface area contributed by atoms with E-state index in [9.17, 15) is 0 Å². The maximum atomic E-state index is 6.03. The number of hydrogen-bond acceptors (Lipinski definition) is 2. The van der Waals surface area contributed by atoms with Crippen LogP contribution in [0.1, 0.15) is 19.9 Å². The second-order valence-electron chi connectivity index (χ2n) is 3.61. The summed E-state index contributed by atoms with van der Waals surface area (Å²) in [6.45, 7) is 4.16. The molecule has 4 heteroatoms. The van der Waals surface area contributed by atoms with Crippen LogP contribution in [-0.4, -0.2) is 14.5 Å². The molecule has 0 bridgehead atoms. The number of aromatic nitrogens is 3. The third-order valence-electron chi connectivity index (χ3n) is 2.24. The first-order valence-electron chi connectivity index (χ1n) is 4.83. The highest BCUT2D eigenvalue weighted by atomic mass is 35.5. The second-order valence-corrected chi connectivity index (χ2v) is 3.95. The summed E-state index contributed by atoms with van der Waals surface area (Å²) in [6, 6.07) is 4.20. The Morgan fingerprint density at radius 1 is 1.27 bits per heavy atom. The Hall–Kier alpha value is -1.35. The van der Waals surface area contributed by atoms with Crippen LogP contribution in [0, 0.1) is 0 Å². The van der Waals surface area contributed by atoms with E-state index in [2.05, 4.69) is 23.8 Å². The quantitative estimate of drug-likeness (QED) is 0.780. The Bertz CT molecular complexity index is 448. The van der Waals surface area contributed by atoms with Gasteiger partial charge in [-0.15, -0.1) is 0 Å². The first kappa shape index (κ1) is 10.2. The molecule has 2 aromatic rings. The third kappa shape index (κ3) is 1.88. The van der Waals surface area contributed by atoms with E-state index in [1.165, 1.54) is 0 Å². The van der Waals surface area contributed by atoms with Crippen molar-refractivity contribution in [3.8, 4) is 11.3 Å². The lowest BCUT2D eigenvalue weighted by Gasteiger charge is -2.12. The van der Waals surface area contributed by atoms with Crippen molar-refractivity contribution < 1.29 is 0 Å². The van der Waals surface area contributed by atoms with Gasteiger partial charge < -0.3 is 4.57 Å². The molecule has 2 aromatic heterocycles. The van der Waals surface area contributed by atoms with Gasteiger partial charge in [-0.3, -0.25) is 4.98 Å². The number of nitrogens with zero attached hydrogens (tertiary/aromatic N) is 3. The minimum Gasteiger partial charge on any atom is -0.312 e. The topological polar surface area (TPSA) is 30.7 Å². The molecule has 0 radical (unpaired) electrons. The second kappa shape index (κ2) is 4.03. The molecule has 0 aliphatic carbocycles. The van der Waals surface area contributed by atoms with Gasteiger partial charge in [0.05, 0.1) is 11.9 Å². The van der Waals surface area contributed by atoms with Crippen LogP contribution in [0.2, 0.25) is 5.28 Å². The maximum absolute atomic E-state index is 6.03. The first-order chi connectivity index (χ1) is 7.20. The fourth-order valence-corrected chi connectivity index (χ4v) is 1.90. The van der Waals surface area contributed by atoms with Gasteiger partial charge in [-0.05, 0) is 37.6 Å². The summed E-state index contributed by atoms with van der Waals surface area (Å²) in [5, 5.41) is 0.525. The molecule has 0 aromatic carbocycles. The fourth-order valence-electron chi connectivity index (χ4n) is 1.57. The Morgan fingerprint density at radius 2 is 1.93 bits per heavy atom. The minimum absolute atomic E-state index is 0.295. The monoisotopic (exact) mass is 221 g/mol. The molecule has 0 spiro atoms. The zero-order chi connectivity index (χ0) is 10.8. The summed E-state index contributed by atoms with van der Waals surface area (Å²) in [5.74, 6) is 0. The molecule has 0 aliphatic heterocycles. The largest absolute Gasteiger partial charge is 0.312 e. The van der Waals surface area contributed by atoms with Gasteiger partial charge in [0.1, 0.15) is 0 Å². The van der Waals surface area contributed by atoms with Crippen LogP contribution in [0.15, 0.2) is 30.7 Å². The van der Waals surface area contributed by atoms with E-state index in [1.807, 2.05) is 16.7 Å². The Labute approximate surface area is 93.7 Å². The molecule has 78 valence electrons. The van der Waals surface area contributed by atoms with Gasteiger partial charge >= 0.3 is 0 Å². The highest BCUT2D eigenvalue weighted by Gasteiger charge is 2.11. The predicted molar refractivity (Wildman–Crippen MR) is 60.9 cm³/mol. The molecule has 3 nitrogen and oxygen atoms in total. The van der Waals surface area contributed by atoms with Crippen molar-refractivity contribution in [1.82, 2.24) is 14.5 Å². The van der Waals surface area contributed by atoms with Gasteiger partial charge in [-0.1, -0.05) is 0 Å². The lowest BCUT2D eigenvalue weighted by Crippen LogP contribution is -2.02. The molecule has 0 atom stereocenters. The van der Waals surface area contributed by atoms with E-state index in [-0.39, 0.29) is 0 Å². The normalized spacial score (nSPS) is 10.9. The molecular formula is C11H12ClN3. The van der Waals surface area contributed by atoms with Crippen LogP contribution in [0.5, 0.6) is 0 Å². The summed E-state index contributed by atoms with van der Waals surface area (Å²) in [4.78, 5) is 8.11. The lowest BCUT2D eigenvalue weighted by atomic mass is 10.2. The first-order valence-corrected chi connectivity index (χ1v) is 5.21. The molecule has 0 amide bonds. The van der Waals surface area contributed by atoms with Crippen LogP contribution < -0.4 is 0 Å². The van der Waals surface area contributed by atoms with Crippen molar-refractivity contribution in [2.75, 3.05) is 0 Å². The zero-order valence-electron chi connectivity index (χ0n) is 8.68. The number of pyridine rings is 1. The smallest absolute Gasteiger partial charge is 0.203 e. The molecule has 15 heavy (non-hydrogen) atoms. The van der Waals surface area contributed by atoms with Crippen LogP contribution in [0.4, 0.5) is 0 Å². The van der Waals surface area contributed by atoms with Crippen molar-refractivity contribution in [2.45, 2.75) is 19.9 Å². The van der Waals surface area contributed by atoms with Crippen LogP contribution in [0.3, 0.4) is 0 Å². The van der Waals surface area contributed by atoms with Gasteiger partial charge in [0, 0.05) is 24.0 Å². The van der Waals surface area contributed by atoms with E-state index < -0.39 is 0 Å². The van der Waals surface area contributed by atoms with E-state index in [0.717, 1.165) is 11.3 Å². The maximum Gasteiger partial charge on any atom is 0.203 e. The van der Waals surface area contributed by atoms with E-state index in [1.54, 1.807) is 18.6 Å². The minimum atomic E-state index is 0.295. The summed E-state index contributed by atoms with van der Waals surface area (Å²) < 4.78 is 2.00. The molecule has 0 N–H and O–H groups in total. The molecule has 0 aliphatic rings. The average Bonchev–Trinajstić information content (AvgIpc) is 2.61. The van der Waals surface area contributed by atoms with Gasteiger partial charge in [0.25, 0.3) is 0 Å². The molecule has 0 unspecified atom stereocenters. The lowest BCUT2D eigenvalue weighted by molar-refractivity contribution is 0.606. The number of halogens is 1. The van der Waals surface area contributed by atoms with Crippen molar-refractivity contribution in [1.29, 1.82) is 0 Å². The number of imidazole rings is 1. The average molecular weight is 222 g/mol. The van der Waals surface area contributed by atoms with Crippen LogP contribution in [-0.2, 0) is 0 Å². The molecule has 0 saturated carbocycles. The highest BCUT2D eigenvalue weighted by Crippen LogP contribution is 2.26. The zero-order valence-corrected chi connectivity index (χ0v) is 9.44. The fraction of sp³-hybridized carbons (Fsp3) is 0.273. The third-order valence-corrected chi connectivity index (χ3v) is 2.52. The summed E-state index contributed by atoms with van der Waals surface area (Å²) in [5.41, 5.74) is 2.11. The van der Waals surface area contributed by atoms with Gasteiger partial charge in [0.2, 0.25) is 5.28 Å². The van der Waals surface area contributed by atoms with Crippen molar-refractivity contribution in [3.05, 3.63) is 36.0 Å². The summed E-state index contributed by atoms with van der Waals surface area (Å²) in [7, 11) is 0. The van der Waals surface area contributed by atoms with Crippen LogP contribution >= 0.6 is 11.6 Å². The Morgan fingerprint density at radius 3 is 2.53 bits per heavy atom. The summed E-state index contributed by atoms with van der Waals surface area (Å²) >= 11 is 6.03. The predicted octanol–water partition coefficient (Wildman–Crippen LogP) is 3.18. The molecule has 0 fully saturated rings. The molecule has 2 heterocycles. The highest BCUT2D eigenvalue weighted by molar-refractivity contribution is 6.28. The standard InChI is InChI=1S/C11H12ClN3/c1-8(2)15-10(7-14-11(15)12)9-3-5-13-6-4-9/h3-8H,1-2H3. The summed E-state index contributed by atoms with van der Waals surface area (Å²) in [6.07, 6.45) is 5.32. The van der Waals surface area contributed by atoms with Crippen molar-refractivity contribution >= 4 is 11.6 Å². The van der Waals surface area contributed by atoms with Crippen molar-refractivity contribution in [3.63, 3.8) is 0 Å². The van der Waals surface area contributed by atoms with Crippen LogP contribution in [0.25, 0.3) is 11.3 Å². The van der Waals surface area contributed by atoms with E-state index in [0.29, 0.717) is 11.3 Å². The number of rotatable bonds is 2. The Balaban J connectivity index is 2.54. The van der Waals surface area contributed by atoms with Crippen molar-refractivity contribution in [2.24, 2.45) is 0 Å². The van der Waals surface area contributed by atoms with E-state index >= 15 is 0 Å². The van der Waals surface area contributed by atoms with Gasteiger partial charge in [-0.2, -0.15) is 0 Å². The van der Waals surface area contributed by atoms with E-state index in [4.69, 9.17) is 11.6 Å². The number of hydrogen-bond donors (Lipinski definition) is 0. The van der Waals surface area contributed by atoms with Gasteiger partial charge in [0.15, 0.2) is 0 Å². The molecule has 2 rings (SSSR count). The van der Waals surface area contributed by atoms with Gasteiger partial charge in [-0.25, -0.2) is 4.98 Å². The molecule has 0 saturated heterocycles. The Kier molecular flexibility index (Phi) is 2.73.